The van der Waals surface area contributed by atoms with Crippen LogP contribution in [0.3, 0.4) is 0 Å². The van der Waals surface area contributed by atoms with Crippen LogP contribution in [-0.4, -0.2) is 68.6 Å². The second-order valence-corrected chi connectivity index (χ2v) is 7.04. The van der Waals surface area contributed by atoms with Crippen molar-refractivity contribution in [2.75, 3.05) is 40.4 Å². The van der Waals surface area contributed by atoms with E-state index < -0.39 is 16.3 Å². The number of aliphatic hydroxyl groups excluding tert-OH is 1. The molecule has 0 aromatic carbocycles. The first-order valence-electron chi connectivity index (χ1n) is 6.26. The topological polar surface area (TPSA) is 70.1 Å². The van der Waals surface area contributed by atoms with Gasteiger partial charge >= 0.3 is 0 Å². The Morgan fingerprint density at radius 1 is 1.56 bits per heavy atom. The first kappa shape index (κ1) is 15.8. The fourth-order valence-electron chi connectivity index (χ4n) is 2.19. The Morgan fingerprint density at radius 2 is 2.22 bits per heavy atom. The molecule has 18 heavy (non-hydrogen) atoms. The van der Waals surface area contributed by atoms with Crippen molar-refractivity contribution in [3.05, 3.63) is 0 Å². The van der Waals surface area contributed by atoms with Crippen LogP contribution in [0.5, 0.6) is 0 Å². The van der Waals surface area contributed by atoms with Gasteiger partial charge < -0.3 is 9.84 Å². The van der Waals surface area contributed by atoms with Gasteiger partial charge in [0.2, 0.25) is 0 Å². The fourth-order valence-corrected chi connectivity index (χ4v) is 3.75. The lowest BCUT2D eigenvalue weighted by molar-refractivity contribution is 0.0543. The second-order valence-electron chi connectivity index (χ2n) is 5.00. The lowest BCUT2D eigenvalue weighted by Gasteiger charge is -2.33. The van der Waals surface area contributed by atoms with Crippen LogP contribution < -0.4 is 0 Å². The molecule has 0 amide bonds. The summed E-state index contributed by atoms with van der Waals surface area (Å²) in [6.45, 7) is 3.38. The van der Waals surface area contributed by atoms with Gasteiger partial charge in [0.1, 0.15) is 0 Å². The summed E-state index contributed by atoms with van der Waals surface area (Å²) in [5.41, 5.74) is 0. The molecule has 1 N–H and O–H groups in total. The summed E-state index contributed by atoms with van der Waals surface area (Å²) >= 11 is 0. The molecule has 2 atom stereocenters. The molecule has 1 aliphatic rings. The number of nitrogens with zero attached hydrogens (tertiary/aromatic N) is 2. The van der Waals surface area contributed by atoms with Gasteiger partial charge in [-0.3, -0.25) is 0 Å². The maximum atomic E-state index is 12.3. The molecule has 0 spiro atoms. The van der Waals surface area contributed by atoms with Crippen molar-refractivity contribution in [3.8, 4) is 0 Å². The highest BCUT2D eigenvalue weighted by Crippen LogP contribution is 2.20. The number of rotatable bonds is 6. The summed E-state index contributed by atoms with van der Waals surface area (Å²) in [6.07, 6.45) is 1.17. The highest BCUT2D eigenvalue weighted by Gasteiger charge is 2.31. The molecule has 0 saturated carbocycles. The van der Waals surface area contributed by atoms with Crippen LogP contribution in [-0.2, 0) is 14.9 Å². The Hall–Kier alpha value is -0.210. The number of hydrogen-bond acceptors (Lipinski definition) is 4. The minimum atomic E-state index is -3.46. The smallest absolute Gasteiger partial charge is 0.281 e. The van der Waals surface area contributed by atoms with Crippen LogP contribution >= 0.6 is 0 Å². The Labute approximate surface area is 110 Å². The zero-order valence-corrected chi connectivity index (χ0v) is 12.2. The van der Waals surface area contributed by atoms with Crippen LogP contribution in [0.1, 0.15) is 19.8 Å². The molecular formula is C11H24N2O4S. The molecule has 0 radical (unpaired) electrons. The fraction of sp³-hybridized carbons (Fsp3) is 1.00. The molecule has 1 saturated heterocycles. The summed E-state index contributed by atoms with van der Waals surface area (Å²) in [5, 5.41) is 9.58. The molecule has 108 valence electrons. The Morgan fingerprint density at radius 3 is 2.78 bits per heavy atom. The van der Waals surface area contributed by atoms with Gasteiger partial charge in [-0.2, -0.15) is 17.0 Å². The van der Waals surface area contributed by atoms with E-state index in [1.165, 1.54) is 22.8 Å². The van der Waals surface area contributed by atoms with Crippen molar-refractivity contribution in [1.29, 1.82) is 0 Å². The predicted octanol–water partition coefficient (Wildman–Crippen LogP) is -0.0978. The van der Waals surface area contributed by atoms with Crippen molar-refractivity contribution >= 4 is 10.2 Å². The van der Waals surface area contributed by atoms with Gasteiger partial charge in [0.05, 0.1) is 12.7 Å². The molecule has 0 bridgehead atoms. The summed E-state index contributed by atoms with van der Waals surface area (Å²) in [4.78, 5) is 0. The highest BCUT2D eigenvalue weighted by atomic mass is 32.2. The van der Waals surface area contributed by atoms with Crippen LogP contribution in [0.25, 0.3) is 0 Å². The van der Waals surface area contributed by atoms with Gasteiger partial charge in [-0.25, -0.2) is 0 Å². The summed E-state index contributed by atoms with van der Waals surface area (Å²) in [5.74, 6) is 0.394. The maximum absolute atomic E-state index is 12.3. The van der Waals surface area contributed by atoms with E-state index >= 15 is 0 Å². The lowest BCUT2D eigenvalue weighted by Crippen LogP contribution is -2.48. The summed E-state index contributed by atoms with van der Waals surface area (Å²) < 4.78 is 32.0. The summed E-state index contributed by atoms with van der Waals surface area (Å²) in [7, 11) is -0.487. The van der Waals surface area contributed by atoms with Crippen molar-refractivity contribution in [2.24, 2.45) is 5.92 Å². The van der Waals surface area contributed by atoms with Gasteiger partial charge in [-0.15, -0.1) is 0 Å². The van der Waals surface area contributed by atoms with Crippen LogP contribution in [0.15, 0.2) is 0 Å². The highest BCUT2D eigenvalue weighted by molar-refractivity contribution is 7.86. The number of hydrogen-bond donors (Lipinski definition) is 1. The zero-order chi connectivity index (χ0) is 13.8. The largest absolute Gasteiger partial charge is 0.389 e. The molecule has 0 aliphatic carbocycles. The average molecular weight is 280 g/mol. The molecule has 1 aliphatic heterocycles. The third kappa shape index (κ3) is 4.17. The normalized spacial score (nSPS) is 24.4. The molecule has 1 rings (SSSR count). The standard InChI is InChI=1S/C11H24N2O4S/c1-10-5-4-6-13(7-10)18(15,16)12(2)8-11(14)9-17-3/h10-11,14H,4-9H2,1-3H3. The van der Waals surface area contributed by atoms with E-state index in [9.17, 15) is 13.5 Å². The first-order chi connectivity index (χ1) is 8.37. The van der Waals surface area contributed by atoms with Crippen LogP contribution in [0, 0.1) is 5.92 Å². The number of ether oxygens (including phenoxy) is 1. The number of aliphatic hydroxyl groups is 1. The van der Waals surface area contributed by atoms with Crippen LogP contribution in [0.2, 0.25) is 0 Å². The van der Waals surface area contributed by atoms with Gasteiger partial charge in [0.25, 0.3) is 10.2 Å². The van der Waals surface area contributed by atoms with Crippen molar-refractivity contribution in [3.63, 3.8) is 0 Å². The van der Waals surface area contributed by atoms with Crippen molar-refractivity contribution in [1.82, 2.24) is 8.61 Å². The number of piperidine rings is 1. The Kier molecular flexibility index (Phi) is 6.00. The number of methoxy groups -OCH3 is 1. The second kappa shape index (κ2) is 6.81. The van der Waals surface area contributed by atoms with E-state index in [1.807, 2.05) is 0 Å². The van der Waals surface area contributed by atoms with Crippen LogP contribution in [0.4, 0.5) is 0 Å². The first-order valence-corrected chi connectivity index (χ1v) is 7.66. The molecule has 6 nitrogen and oxygen atoms in total. The zero-order valence-electron chi connectivity index (χ0n) is 11.4. The van der Waals surface area contributed by atoms with E-state index in [4.69, 9.17) is 4.74 Å². The van der Waals surface area contributed by atoms with Gasteiger partial charge in [0, 0.05) is 33.8 Å². The Balaban J connectivity index is 2.61. The lowest BCUT2D eigenvalue weighted by atomic mass is 10.0. The quantitative estimate of drug-likeness (QED) is 0.738. The third-order valence-corrected chi connectivity index (χ3v) is 5.09. The minimum absolute atomic E-state index is 0.0566. The SMILES string of the molecule is COCC(O)CN(C)S(=O)(=O)N1CCCC(C)C1. The maximum Gasteiger partial charge on any atom is 0.281 e. The Bertz CT molecular complexity index is 347. The molecule has 1 heterocycles. The minimum Gasteiger partial charge on any atom is -0.389 e. The summed E-state index contributed by atoms with van der Waals surface area (Å²) in [6, 6.07) is 0. The molecular weight excluding hydrogens is 256 g/mol. The molecule has 2 unspecified atom stereocenters. The van der Waals surface area contributed by atoms with E-state index in [-0.39, 0.29) is 13.2 Å². The number of likely N-dealkylation sites (N-methyl/N-ethyl adjacent to an activating group) is 1. The van der Waals surface area contributed by atoms with Gasteiger partial charge in [-0.05, 0) is 18.8 Å². The van der Waals surface area contributed by atoms with Crippen molar-refractivity contribution < 1.29 is 18.3 Å². The molecule has 1 fully saturated rings. The predicted molar refractivity (Wildman–Crippen MR) is 69.4 cm³/mol. The monoisotopic (exact) mass is 280 g/mol. The third-order valence-electron chi connectivity index (χ3n) is 3.17. The average Bonchev–Trinajstić information content (AvgIpc) is 2.29. The van der Waals surface area contributed by atoms with E-state index in [0.29, 0.717) is 19.0 Å². The van der Waals surface area contributed by atoms with E-state index in [2.05, 4.69) is 6.92 Å². The molecule has 0 aromatic rings. The van der Waals surface area contributed by atoms with Gasteiger partial charge in [0.15, 0.2) is 0 Å². The van der Waals surface area contributed by atoms with E-state index in [0.717, 1.165) is 12.8 Å². The van der Waals surface area contributed by atoms with Gasteiger partial charge in [-0.1, -0.05) is 6.92 Å². The molecule has 0 aromatic heterocycles. The van der Waals surface area contributed by atoms with Crippen molar-refractivity contribution in [2.45, 2.75) is 25.9 Å². The molecule has 7 heteroatoms. The van der Waals surface area contributed by atoms with E-state index in [1.54, 1.807) is 0 Å².